The number of benzene rings is 2. The van der Waals surface area contributed by atoms with Crippen LogP contribution in [0.15, 0.2) is 73.1 Å². The van der Waals surface area contributed by atoms with Crippen molar-refractivity contribution in [3.05, 3.63) is 89.7 Å². The normalized spacial score (nSPS) is 15.4. The number of carbonyl (C=O) groups is 2. The summed E-state index contributed by atoms with van der Waals surface area (Å²) in [6.45, 7) is 4.30. The number of hydrogen-bond donors (Lipinski definition) is 2. The lowest BCUT2D eigenvalue weighted by Gasteiger charge is -2.33. The van der Waals surface area contributed by atoms with Crippen LogP contribution in [-0.2, 0) is 6.54 Å². The van der Waals surface area contributed by atoms with Crippen LogP contribution < -0.4 is 15.4 Å². The molecule has 0 aliphatic carbocycles. The molecule has 1 aliphatic heterocycles. The Kier molecular flexibility index (Phi) is 7.75. The minimum Gasteiger partial charge on any atom is -0.494 e. The molecule has 1 fully saturated rings. The zero-order valence-corrected chi connectivity index (χ0v) is 19.4. The van der Waals surface area contributed by atoms with Gasteiger partial charge in [-0.2, -0.15) is 0 Å². The number of carbonyl (C=O) groups excluding carboxylic acids is 2. The molecule has 7 nitrogen and oxygen atoms in total. The van der Waals surface area contributed by atoms with E-state index in [9.17, 15) is 9.59 Å². The number of amides is 3. The highest BCUT2D eigenvalue weighted by molar-refractivity contribution is 5.94. The van der Waals surface area contributed by atoms with Gasteiger partial charge < -0.3 is 20.3 Å². The van der Waals surface area contributed by atoms with E-state index >= 15 is 0 Å². The SMILES string of the molecule is CCOc1ccc(NC(=O)N2CCC[C@@H](c3cccc(C(=O)NCc4cccnc4)c3)C2)cc1. The van der Waals surface area contributed by atoms with Gasteiger partial charge in [0, 0.05) is 49.2 Å². The van der Waals surface area contributed by atoms with E-state index in [0.717, 1.165) is 35.4 Å². The van der Waals surface area contributed by atoms with Crippen molar-refractivity contribution in [3.63, 3.8) is 0 Å². The summed E-state index contributed by atoms with van der Waals surface area (Å²) in [5.41, 5.74) is 3.39. The maximum Gasteiger partial charge on any atom is 0.321 e. The first-order valence-corrected chi connectivity index (χ1v) is 11.7. The van der Waals surface area contributed by atoms with Crippen LogP contribution in [0.4, 0.5) is 10.5 Å². The monoisotopic (exact) mass is 458 g/mol. The second-order valence-electron chi connectivity index (χ2n) is 8.34. The predicted molar refractivity (Wildman–Crippen MR) is 132 cm³/mol. The van der Waals surface area contributed by atoms with E-state index in [2.05, 4.69) is 15.6 Å². The second kappa shape index (κ2) is 11.3. The van der Waals surface area contributed by atoms with Gasteiger partial charge in [-0.15, -0.1) is 0 Å². The maximum absolute atomic E-state index is 12.9. The highest BCUT2D eigenvalue weighted by Gasteiger charge is 2.25. The highest BCUT2D eigenvalue weighted by atomic mass is 16.5. The highest BCUT2D eigenvalue weighted by Crippen LogP contribution is 2.28. The zero-order valence-electron chi connectivity index (χ0n) is 19.4. The van der Waals surface area contributed by atoms with Gasteiger partial charge in [-0.05, 0) is 73.4 Å². The van der Waals surface area contributed by atoms with Gasteiger partial charge in [-0.3, -0.25) is 9.78 Å². The molecule has 2 N–H and O–H groups in total. The van der Waals surface area contributed by atoms with Gasteiger partial charge in [0.1, 0.15) is 5.75 Å². The molecule has 0 radical (unpaired) electrons. The maximum atomic E-state index is 12.9. The number of urea groups is 1. The molecule has 1 atom stereocenters. The summed E-state index contributed by atoms with van der Waals surface area (Å²) < 4.78 is 5.45. The van der Waals surface area contributed by atoms with Gasteiger partial charge in [0.2, 0.25) is 0 Å². The summed E-state index contributed by atoms with van der Waals surface area (Å²) >= 11 is 0. The number of rotatable bonds is 7. The number of nitrogens with one attached hydrogen (secondary N) is 2. The van der Waals surface area contributed by atoms with Crippen LogP contribution in [0.25, 0.3) is 0 Å². The van der Waals surface area contributed by atoms with Crippen LogP contribution in [0.1, 0.15) is 47.2 Å². The van der Waals surface area contributed by atoms with Crippen molar-refractivity contribution in [2.24, 2.45) is 0 Å². The molecule has 0 unspecified atom stereocenters. The van der Waals surface area contributed by atoms with Crippen molar-refractivity contribution in [2.45, 2.75) is 32.2 Å². The fourth-order valence-corrected chi connectivity index (χ4v) is 4.16. The molecule has 4 rings (SSSR count). The largest absolute Gasteiger partial charge is 0.494 e. The fourth-order valence-electron chi connectivity index (χ4n) is 4.16. The molecule has 0 saturated carbocycles. The third-order valence-electron chi connectivity index (χ3n) is 5.92. The molecule has 0 spiro atoms. The Bertz CT molecular complexity index is 1100. The number of hydrogen-bond acceptors (Lipinski definition) is 4. The average Bonchev–Trinajstić information content (AvgIpc) is 2.89. The number of piperidine rings is 1. The third-order valence-corrected chi connectivity index (χ3v) is 5.92. The smallest absolute Gasteiger partial charge is 0.321 e. The van der Waals surface area contributed by atoms with Crippen molar-refractivity contribution in [1.29, 1.82) is 0 Å². The van der Waals surface area contributed by atoms with Crippen LogP contribution in [0.2, 0.25) is 0 Å². The predicted octanol–water partition coefficient (Wildman–Crippen LogP) is 4.82. The Balaban J connectivity index is 1.35. The molecule has 2 aromatic carbocycles. The summed E-state index contributed by atoms with van der Waals surface area (Å²) in [5.74, 6) is 0.848. The molecule has 0 bridgehead atoms. The van der Waals surface area contributed by atoms with E-state index in [1.165, 1.54) is 0 Å². The van der Waals surface area contributed by atoms with Crippen molar-refractivity contribution < 1.29 is 14.3 Å². The molecule has 7 heteroatoms. The summed E-state index contributed by atoms with van der Waals surface area (Å²) in [4.78, 5) is 31.5. The van der Waals surface area contributed by atoms with Gasteiger partial charge in [-0.25, -0.2) is 4.79 Å². The Morgan fingerprint density at radius 2 is 1.97 bits per heavy atom. The number of likely N-dealkylation sites (tertiary alicyclic amines) is 1. The summed E-state index contributed by atoms with van der Waals surface area (Å²) in [5, 5.41) is 5.93. The van der Waals surface area contributed by atoms with E-state index in [4.69, 9.17) is 4.74 Å². The Labute approximate surface area is 200 Å². The van der Waals surface area contributed by atoms with Crippen molar-refractivity contribution in [3.8, 4) is 5.75 Å². The van der Waals surface area contributed by atoms with E-state index < -0.39 is 0 Å². The standard InChI is InChI=1S/C27H30N4O3/c1-2-34-25-12-10-24(11-13-25)30-27(33)31-15-5-9-23(19-31)21-7-3-8-22(16-21)26(32)29-18-20-6-4-14-28-17-20/h3-4,6-8,10-14,16-17,23H,2,5,9,15,18-19H2,1H3,(H,29,32)(H,30,33)/t23-/m1/s1. The van der Waals surface area contributed by atoms with Gasteiger partial charge in [-0.1, -0.05) is 18.2 Å². The lowest BCUT2D eigenvalue weighted by atomic mass is 9.89. The van der Waals surface area contributed by atoms with Crippen molar-refractivity contribution in [2.75, 3.05) is 25.0 Å². The first-order chi connectivity index (χ1) is 16.6. The van der Waals surface area contributed by atoms with Crippen LogP contribution in [0.3, 0.4) is 0 Å². The molecule has 1 saturated heterocycles. The molecule has 34 heavy (non-hydrogen) atoms. The summed E-state index contributed by atoms with van der Waals surface area (Å²) in [6.07, 6.45) is 5.35. The van der Waals surface area contributed by atoms with E-state index in [0.29, 0.717) is 31.8 Å². The Morgan fingerprint density at radius 3 is 2.74 bits per heavy atom. The summed E-state index contributed by atoms with van der Waals surface area (Å²) in [7, 11) is 0. The lowest BCUT2D eigenvalue weighted by molar-refractivity contribution is 0.0950. The lowest BCUT2D eigenvalue weighted by Crippen LogP contribution is -2.41. The molecular formula is C27H30N4O3. The van der Waals surface area contributed by atoms with E-state index in [1.807, 2.05) is 72.5 Å². The van der Waals surface area contributed by atoms with Crippen LogP contribution in [0, 0.1) is 0 Å². The number of ether oxygens (including phenoxy) is 1. The van der Waals surface area contributed by atoms with Gasteiger partial charge in [0.15, 0.2) is 0 Å². The first kappa shape index (κ1) is 23.3. The quantitative estimate of drug-likeness (QED) is 0.532. The topological polar surface area (TPSA) is 83.6 Å². The molecule has 176 valence electrons. The average molecular weight is 459 g/mol. The van der Waals surface area contributed by atoms with Crippen LogP contribution in [-0.4, -0.2) is 41.5 Å². The molecule has 3 aromatic rings. The Hall–Kier alpha value is -3.87. The molecule has 2 heterocycles. The van der Waals surface area contributed by atoms with Crippen LogP contribution in [0.5, 0.6) is 5.75 Å². The van der Waals surface area contributed by atoms with E-state index in [1.54, 1.807) is 12.4 Å². The number of pyridine rings is 1. The summed E-state index contributed by atoms with van der Waals surface area (Å²) in [6, 6.07) is 18.8. The molecule has 1 aromatic heterocycles. The second-order valence-corrected chi connectivity index (χ2v) is 8.34. The molecular weight excluding hydrogens is 428 g/mol. The number of anilines is 1. The fraction of sp³-hybridized carbons (Fsp3) is 0.296. The molecule has 1 aliphatic rings. The van der Waals surface area contributed by atoms with Gasteiger partial charge in [0.05, 0.1) is 6.61 Å². The first-order valence-electron chi connectivity index (χ1n) is 11.7. The van der Waals surface area contributed by atoms with Crippen LogP contribution >= 0.6 is 0 Å². The van der Waals surface area contributed by atoms with Crippen molar-refractivity contribution >= 4 is 17.6 Å². The third kappa shape index (κ3) is 6.13. The van der Waals surface area contributed by atoms with Gasteiger partial charge in [0.25, 0.3) is 5.91 Å². The minimum atomic E-state index is -0.119. The number of aromatic nitrogens is 1. The van der Waals surface area contributed by atoms with Crippen molar-refractivity contribution in [1.82, 2.24) is 15.2 Å². The van der Waals surface area contributed by atoms with Gasteiger partial charge >= 0.3 is 6.03 Å². The molecule has 3 amide bonds. The number of nitrogens with zero attached hydrogens (tertiary/aromatic N) is 2. The van der Waals surface area contributed by atoms with E-state index in [-0.39, 0.29) is 17.9 Å². The zero-order chi connectivity index (χ0) is 23.8. The minimum absolute atomic E-state index is 0.112. The Morgan fingerprint density at radius 1 is 1.12 bits per heavy atom.